The molecule has 108 valence electrons. The first kappa shape index (κ1) is 14.1. The van der Waals surface area contributed by atoms with E-state index in [-0.39, 0.29) is 10.8 Å². The Morgan fingerprint density at radius 3 is 2.64 bits per heavy atom. The Morgan fingerprint density at radius 1 is 1.18 bits per heavy atom. The molecule has 0 fully saturated rings. The van der Waals surface area contributed by atoms with Gasteiger partial charge in [0.1, 0.15) is 11.8 Å². The van der Waals surface area contributed by atoms with E-state index in [2.05, 4.69) is 10.2 Å². The maximum absolute atomic E-state index is 10.1. The fraction of sp³-hybridized carbons (Fsp3) is 0.0625. The van der Waals surface area contributed by atoms with Gasteiger partial charge in [-0.2, -0.15) is 5.26 Å². The molecule has 0 aliphatic carbocycles. The molecule has 2 aromatic carbocycles. The average Bonchev–Trinajstić information content (AvgIpc) is 2.94. The van der Waals surface area contributed by atoms with E-state index in [0.717, 1.165) is 11.1 Å². The quantitative estimate of drug-likeness (QED) is 0.775. The molecule has 0 spiro atoms. The van der Waals surface area contributed by atoms with Crippen LogP contribution in [0.4, 0.5) is 0 Å². The smallest absolute Gasteiger partial charge is 0.247 e. The molecule has 22 heavy (non-hydrogen) atoms. The zero-order valence-electron chi connectivity index (χ0n) is 11.5. The maximum Gasteiger partial charge on any atom is 0.247 e. The van der Waals surface area contributed by atoms with Crippen LogP contribution in [-0.4, -0.2) is 15.3 Å². The predicted molar refractivity (Wildman–Crippen MR) is 81.3 cm³/mol. The number of hydrogen-bond donors (Lipinski definition) is 1. The summed E-state index contributed by atoms with van der Waals surface area (Å²) >= 11 is 5.90. The van der Waals surface area contributed by atoms with Crippen LogP contribution in [0.1, 0.15) is 11.5 Å². The lowest BCUT2D eigenvalue weighted by atomic mass is 10.00. The van der Waals surface area contributed by atoms with E-state index >= 15 is 0 Å². The highest BCUT2D eigenvalue weighted by Crippen LogP contribution is 2.35. The first-order valence-electron chi connectivity index (χ1n) is 6.42. The molecule has 3 rings (SSSR count). The van der Waals surface area contributed by atoms with E-state index < -0.39 is 0 Å². The van der Waals surface area contributed by atoms with Crippen LogP contribution >= 0.6 is 11.6 Å². The lowest BCUT2D eigenvalue weighted by Gasteiger charge is -2.07. The number of phenolic OH excluding ortho intramolecular Hbond substituents is 1. The van der Waals surface area contributed by atoms with Crippen molar-refractivity contribution in [3.05, 3.63) is 52.9 Å². The van der Waals surface area contributed by atoms with Gasteiger partial charge in [0, 0.05) is 24.1 Å². The van der Waals surface area contributed by atoms with Gasteiger partial charge in [-0.1, -0.05) is 23.7 Å². The van der Waals surface area contributed by atoms with Gasteiger partial charge in [-0.05, 0) is 23.8 Å². The summed E-state index contributed by atoms with van der Waals surface area (Å²) in [6.07, 6.45) is 0. The van der Waals surface area contributed by atoms with Crippen LogP contribution in [0.15, 0.2) is 40.8 Å². The largest absolute Gasteiger partial charge is 0.507 e. The van der Waals surface area contributed by atoms with Crippen LogP contribution in [0.2, 0.25) is 5.02 Å². The molecule has 0 amide bonds. The Bertz CT molecular complexity index is 897. The summed E-state index contributed by atoms with van der Waals surface area (Å²) in [6, 6.07) is 12.2. The van der Waals surface area contributed by atoms with Crippen molar-refractivity contribution in [1.29, 1.82) is 5.26 Å². The van der Waals surface area contributed by atoms with Crippen LogP contribution in [0.5, 0.6) is 5.75 Å². The summed E-state index contributed by atoms with van der Waals surface area (Å²) in [5.74, 6) is 0.873. The number of phenols is 1. The molecular weight excluding hydrogens is 302 g/mol. The zero-order valence-corrected chi connectivity index (χ0v) is 12.3. The molecule has 1 aromatic heterocycles. The molecule has 0 radical (unpaired) electrons. The summed E-state index contributed by atoms with van der Waals surface area (Å²) < 4.78 is 5.40. The molecule has 0 atom stereocenters. The molecule has 3 aromatic rings. The second-order valence-electron chi connectivity index (χ2n) is 4.67. The third kappa shape index (κ3) is 2.52. The van der Waals surface area contributed by atoms with Gasteiger partial charge in [0.2, 0.25) is 11.8 Å². The van der Waals surface area contributed by atoms with Gasteiger partial charge in [-0.3, -0.25) is 0 Å². The Hall–Kier alpha value is -2.84. The summed E-state index contributed by atoms with van der Waals surface area (Å²) in [7, 11) is 0. The SMILES string of the molecule is Cc1nnc(-c2cccc(-c3cc(C#N)c(Cl)cc3O)c2)o1. The standard InChI is InChI=1S/C16H10ClN3O2/c1-9-19-20-16(22-9)11-4-2-3-10(5-11)13-6-12(8-18)14(17)7-15(13)21/h2-7,21H,1H3. The molecule has 0 unspecified atom stereocenters. The van der Waals surface area contributed by atoms with Gasteiger partial charge in [0.25, 0.3) is 0 Å². The fourth-order valence-corrected chi connectivity index (χ4v) is 2.31. The van der Waals surface area contributed by atoms with E-state index in [0.29, 0.717) is 22.9 Å². The topological polar surface area (TPSA) is 82.9 Å². The van der Waals surface area contributed by atoms with E-state index in [1.165, 1.54) is 6.07 Å². The Morgan fingerprint density at radius 2 is 1.95 bits per heavy atom. The molecule has 0 bridgehead atoms. The van der Waals surface area contributed by atoms with Crippen molar-refractivity contribution in [2.45, 2.75) is 6.92 Å². The minimum absolute atomic E-state index is 0.00265. The number of halogens is 1. The van der Waals surface area contributed by atoms with Crippen LogP contribution in [0.3, 0.4) is 0 Å². The van der Waals surface area contributed by atoms with E-state index in [1.54, 1.807) is 19.1 Å². The van der Waals surface area contributed by atoms with Crippen LogP contribution < -0.4 is 0 Å². The summed E-state index contributed by atoms with van der Waals surface area (Å²) in [4.78, 5) is 0. The maximum atomic E-state index is 10.1. The number of nitriles is 1. The summed E-state index contributed by atoms with van der Waals surface area (Å²) in [5, 5.41) is 27.1. The second-order valence-corrected chi connectivity index (χ2v) is 5.08. The first-order chi connectivity index (χ1) is 10.6. The summed E-state index contributed by atoms with van der Waals surface area (Å²) in [5.41, 5.74) is 2.26. The van der Waals surface area contributed by atoms with Crippen molar-refractivity contribution in [2.75, 3.05) is 0 Å². The van der Waals surface area contributed by atoms with E-state index in [4.69, 9.17) is 21.3 Å². The lowest BCUT2D eigenvalue weighted by Crippen LogP contribution is -1.85. The third-order valence-electron chi connectivity index (χ3n) is 3.15. The summed E-state index contributed by atoms with van der Waals surface area (Å²) in [6.45, 7) is 1.71. The normalized spacial score (nSPS) is 10.4. The molecule has 1 heterocycles. The molecule has 1 N–H and O–H groups in total. The molecule has 0 aliphatic heterocycles. The zero-order chi connectivity index (χ0) is 15.7. The van der Waals surface area contributed by atoms with Gasteiger partial charge < -0.3 is 9.52 Å². The molecule has 6 heteroatoms. The third-order valence-corrected chi connectivity index (χ3v) is 3.47. The van der Waals surface area contributed by atoms with E-state index in [9.17, 15) is 5.11 Å². The van der Waals surface area contributed by atoms with Gasteiger partial charge in [0.05, 0.1) is 10.6 Å². The van der Waals surface area contributed by atoms with E-state index in [1.807, 2.05) is 24.3 Å². The number of aromatic nitrogens is 2. The Balaban J connectivity index is 2.12. The monoisotopic (exact) mass is 311 g/mol. The van der Waals surface area contributed by atoms with Gasteiger partial charge in [-0.25, -0.2) is 0 Å². The van der Waals surface area contributed by atoms with Crippen molar-refractivity contribution in [3.8, 4) is 34.4 Å². The molecule has 0 aliphatic rings. The number of benzene rings is 2. The van der Waals surface area contributed by atoms with Gasteiger partial charge in [-0.15, -0.1) is 10.2 Å². The molecular formula is C16H10ClN3O2. The van der Waals surface area contributed by atoms with Crippen LogP contribution in [0, 0.1) is 18.3 Å². The lowest BCUT2D eigenvalue weighted by molar-refractivity contribution is 0.477. The van der Waals surface area contributed by atoms with Crippen molar-refractivity contribution in [3.63, 3.8) is 0 Å². The highest BCUT2D eigenvalue weighted by Gasteiger charge is 2.12. The van der Waals surface area contributed by atoms with Crippen molar-refractivity contribution < 1.29 is 9.52 Å². The van der Waals surface area contributed by atoms with Crippen molar-refractivity contribution in [2.24, 2.45) is 0 Å². The predicted octanol–water partition coefficient (Wildman–Crippen LogP) is 3.94. The first-order valence-corrected chi connectivity index (χ1v) is 6.80. The number of aryl methyl sites for hydroxylation is 1. The van der Waals surface area contributed by atoms with Gasteiger partial charge in [0.15, 0.2) is 0 Å². The molecule has 0 saturated heterocycles. The number of aromatic hydroxyl groups is 1. The minimum Gasteiger partial charge on any atom is -0.507 e. The van der Waals surface area contributed by atoms with Gasteiger partial charge >= 0.3 is 0 Å². The fourth-order valence-electron chi connectivity index (χ4n) is 2.11. The Labute approximate surface area is 131 Å². The minimum atomic E-state index is 0.00265. The molecule has 0 saturated carbocycles. The second kappa shape index (κ2) is 5.51. The number of rotatable bonds is 2. The average molecular weight is 312 g/mol. The van der Waals surface area contributed by atoms with Crippen LogP contribution in [0.25, 0.3) is 22.6 Å². The highest BCUT2D eigenvalue weighted by molar-refractivity contribution is 6.32. The Kier molecular flexibility index (Phi) is 3.53. The van der Waals surface area contributed by atoms with Crippen LogP contribution in [-0.2, 0) is 0 Å². The van der Waals surface area contributed by atoms with Crippen molar-refractivity contribution >= 4 is 11.6 Å². The van der Waals surface area contributed by atoms with Crippen molar-refractivity contribution in [1.82, 2.24) is 10.2 Å². The highest BCUT2D eigenvalue weighted by atomic mass is 35.5. The number of hydrogen-bond acceptors (Lipinski definition) is 5. The molecule has 5 nitrogen and oxygen atoms in total. The number of nitrogens with zero attached hydrogens (tertiary/aromatic N) is 3.